The van der Waals surface area contributed by atoms with E-state index < -0.39 is 0 Å². The Labute approximate surface area is 102 Å². The van der Waals surface area contributed by atoms with Crippen molar-refractivity contribution in [2.45, 2.75) is 58.8 Å². The van der Waals surface area contributed by atoms with Gasteiger partial charge >= 0.3 is 0 Å². The van der Waals surface area contributed by atoms with Crippen molar-refractivity contribution in [2.75, 3.05) is 0 Å². The highest BCUT2D eigenvalue weighted by Gasteiger charge is 1.95. The molecule has 0 heterocycles. The van der Waals surface area contributed by atoms with E-state index >= 15 is 0 Å². The molecule has 0 spiro atoms. The molecule has 0 aromatic heterocycles. The third-order valence-corrected chi connectivity index (χ3v) is 2.67. The molecule has 0 N–H and O–H groups in total. The Balaban J connectivity index is 3.36. The van der Waals surface area contributed by atoms with Gasteiger partial charge in [-0.2, -0.15) is 0 Å². The summed E-state index contributed by atoms with van der Waals surface area (Å²) in [5, 5.41) is 0. The lowest BCUT2D eigenvalue weighted by Crippen LogP contribution is -1.89. The molecule has 92 valence electrons. The Morgan fingerprint density at radius 3 is 2.19 bits per heavy atom. The van der Waals surface area contributed by atoms with Gasteiger partial charge in [0.1, 0.15) is 0 Å². The number of allylic oxidation sites excluding steroid dienone is 5. The Kier molecular flexibility index (Phi) is 11.7. The third-order valence-electron chi connectivity index (χ3n) is 2.67. The SMILES string of the molecule is C=CCCCCC=CCC(C)CC=CCC. The molecule has 0 rings (SSSR count). The minimum atomic E-state index is 0.784. The van der Waals surface area contributed by atoms with E-state index in [-0.39, 0.29) is 0 Å². The van der Waals surface area contributed by atoms with Gasteiger partial charge in [0, 0.05) is 0 Å². The highest BCUT2D eigenvalue weighted by Crippen LogP contribution is 2.10. The summed E-state index contributed by atoms with van der Waals surface area (Å²) >= 11 is 0. The first-order valence-corrected chi connectivity index (χ1v) is 6.72. The van der Waals surface area contributed by atoms with Crippen molar-refractivity contribution >= 4 is 0 Å². The van der Waals surface area contributed by atoms with E-state index in [4.69, 9.17) is 0 Å². The molecule has 0 heteroatoms. The lowest BCUT2D eigenvalue weighted by atomic mass is 10.0. The predicted octanol–water partition coefficient (Wildman–Crippen LogP) is 5.67. The number of rotatable bonds is 10. The first-order valence-electron chi connectivity index (χ1n) is 6.72. The minimum absolute atomic E-state index is 0.784. The Morgan fingerprint density at radius 1 is 0.938 bits per heavy atom. The second kappa shape index (κ2) is 12.3. The molecular formula is C16H28. The largest absolute Gasteiger partial charge is 0.103 e. The standard InChI is InChI=1S/C16H28/c1-4-6-8-9-10-11-13-15-16(3)14-12-7-5-2/h4,7,11-13,16H,1,5-6,8-10,14-15H2,2-3H3. The van der Waals surface area contributed by atoms with Crippen molar-refractivity contribution in [3.05, 3.63) is 37.0 Å². The van der Waals surface area contributed by atoms with Gasteiger partial charge in [0.15, 0.2) is 0 Å². The van der Waals surface area contributed by atoms with Crippen molar-refractivity contribution in [2.24, 2.45) is 5.92 Å². The minimum Gasteiger partial charge on any atom is -0.103 e. The summed E-state index contributed by atoms with van der Waals surface area (Å²) in [6.07, 6.45) is 19.8. The Morgan fingerprint density at radius 2 is 1.56 bits per heavy atom. The predicted molar refractivity (Wildman–Crippen MR) is 75.6 cm³/mol. The van der Waals surface area contributed by atoms with E-state index in [0.717, 1.165) is 18.8 Å². The first-order chi connectivity index (χ1) is 7.81. The highest BCUT2D eigenvalue weighted by atomic mass is 14.0. The van der Waals surface area contributed by atoms with Crippen molar-refractivity contribution in [1.29, 1.82) is 0 Å². The van der Waals surface area contributed by atoms with Crippen LogP contribution in [0, 0.1) is 5.92 Å². The molecule has 0 amide bonds. The van der Waals surface area contributed by atoms with Crippen LogP contribution in [0.1, 0.15) is 58.8 Å². The maximum Gasteiger partial charge on any atom is -0.0322 e. The first kappa shape index (κ1) is 15.2. The maximum absolute atomic E-state index is 3.73. The fourth-order valence-electron chi connectivity index (χ4n) is 1.59. The van der Waals surface area contributed by atoms with Gasteiger partial charge in [-0.15, -0.1) is 6.58 Å². The van der Waals surface area contributed by atoms with Gasteiger partial charge in [-0.25, -0.2) is 0 Å². The molecular weight excluding hydrogens is 192 g/mol. The average Bonchev–Trinajstić information content (AvgIpc) is 2.28. The van der Waals surface area contributed by atoms with Crippen LogP contribution in [-0.2, 0) is 0 Å². The summed E-state index contributed by atoms with van der Waals surface area (Å²) in [5.41, 5.74) is 0. The van der Waals surface area contributed by atoms with Gasteiger partial charge in [-0.1, -0.05) is 44.2 Å². The molecule has 0 aliphatic carbocycles. The zero-order chi connectivity index (χ0) is 12.1. The van der Waals surface area contributed by atoms with E-state index in [9.17, 15) is 0 Å². The van der Waals surface area contributed by atoms with Gasteiger partial charge in [-0.3, -0.25) is 0 Å². The number of hydrogen-bond donors (Lipinski definition) is 0. The molecule has 16 heavy (non-hydrogen) atoms. The molecule has 0 fully saturated rings. The van der Waals surface area contributed by atoms with Gasteiger partial charge in [0.05, 0.1) is 0 Å². The topological polar surface area (TPSA) is 0 Å². The summed E-state index contributed by atoms with van der Waals surface area (Å²) < 4.78 is 0. The van der Waals surface area contributed by atoms with Gasteiger partial charge < -0.3 is 0 Å². The summed E-state index contributed by atoms with van der Waals surface area (Å²) in [6, 6.07) is 0. The van der Waals surface area contributed by atoms with Crippen molar-refractivity contribution in [3.63, 3.8) is 0 Å². The van der Waals surface area contributed by atoms with Crippen LogP contribution in [0.15, 0.2) is 37.0 Å². The van der Waals surface area contributed by atoms with Crippen molar-refractivity contribution in [1.82, 2.24) is 0 Å². The maximum atomic E-state index is 3.73. The van der Waals surface area contributed by atoms with Crippen LogP contribution in [0.4, 0.5) is 0 Å². The molecule has 0 bridgehead atoms. The van der Waals surface area contributed by atoms with Crippen LogP contribution >= 0.6 is 0 Å². The molecule has 1 unspecified atom stereocenters. The molecule has 0 aromatic rings. The Bertz CT molecular complexity index is 198. The second-order valence-electron chi connectivity index (χ2n) is 4.50. The van der Waals surface area contributed by atoms with Crippen LogP contribution in [-0.4, -0.2) is 0 Å². The van der Waals surface area contributed by atoms with Crippen LogP contribution in [0.25, 0.3) is 0 Å². The lowest BCUT2D eigenvalue weighted by molar-refractivity contribution is 0.600. The van der Waals surface area contributed by atoms with Crippen LogP contribution in [0.3, 0.4) is 0 Å². The summed E-state index contributed by atoms with van der Waals surface area (Å²) in [5.74, 6) is 0.784. The quantitative estimate of drug-likeness (QED) is 0.328. The molecule has 0 aliphatic rings. The fraction of sp³-hybridized carbons (Fsp3) is 0.625. The molecule has 0 nitrogen and oxygen atoms in total. The average molecular weight is 220 g/mol. The van der Waals surface area contributed by atoms with Gasteiger partial charge in [-0.05, 0) is 50.9 Å². The highest BCUT2D eigenvalue weighted by molar-refractivity contribution is 4.87. The molecule has 0 saturated heterocycles. The fourth-order valence-corrected chi connectivity index (χ4v) is 1.59. The van der Waals surface area contributed by atoms with E-state index in [2.05, 4.69) is 44.7 Å². The van der Waals surface area contributed by atoms with E-state index in [1.165, 1.54) is 32.1 Å². The van der Waals surface area contributed by atoms with Gasteiger partial charge in [0.2, 0.25) is 0 Å². The normalized spacial score (nSPS) is 13.6. The third kappa shape index (κ3) is 11.3. The van der Waals surface area contributed by atoms with Crippen LogP contribution in [0.2, 0.25) is 0 Å². The monoisotopic (exact) mass is 220 g/mol. The lowest BCUT2D eigenvalue weighted by Gasteiger charge is -2.03. The van der Waals surface area contributed by atoms with E-state index in [0.29, 0.717) is 0 Å². The van der Waals surface area contributed by atoms with Gasteiger partial charge in [0.25, 0.3) is 0 Å². The Hall–Kier alpha value is -0.780. The summed E-state index contributed by atoms with van der Waals surface area (Å²) in [6.45, 7) is 8.24. The molecule has 0 aromatic carbocycles. The number of unbranched alkanes of at least 4 members (excludes halogenated alkanes) is 3. The zero-order valence-electron chi connectivity index (χ0n) is 11.1. The summed E-state index contributed by atoms with van der Waals surface area (Å²) in [7, 11) is 0. The molecule has 0 saturated carbocycles. The van der Waals surface area contributed by atoms with E-state index in [1.54, 1.807) is 0 Å². The molecule has 0 aliphatic heterocycles. The second-order valence-corrected chi connectivity index (χ2v) is 4.50. The van der Waals surface area contributed by atoms with E-state index in [1.807, 2.05) is 6.08 Å². The van der Waals surface area contributed by atoms with Crippen molar-refractivity contribution < 1.29 is 0 Å². The van der Waals surface area contributed by atoms with Crippen LogP contribution in [0.5, 0.6) is 0 Å². The smallest absolute Gasteiger partial charge is 0.0322 e. The summed E-state index contributed by atoms with van der Waals surface area (Å²) in [4.78, 5) is 0. The molecule has 0 radical (unpaired) electrons. The number of hydrogen-bond acceptors (Lipinski definition) is 0. The molecule has 1 atom stereocenters. The van der Waals surface area contributed by atoms with Crippen LogP contribution < -0.4 is 0 Å². The van der Waals surface area contributed by atoms with Crippen molar-refractivity contribution in [3.8, 4) is 0 Å². The zero-order valence-corrected chi connectivity index (χ0v) is 11.1.